The second-order valence-electron chi connectivity index (χ2n) is 7.20. The molecular weight excluding hydrogens is 433 g/mol. The Bertz CT molecular complexity index is 1000. The highest BCUT2D eigenvalue weighted by atomic mass is 32.2. The third-order valence-corrected chi connectivity index (χ3v) is 6.72. The molecule has 1 heterocycles. The zero-order valence-corrected chi connectivity index (χ0v) is 17.5. The molecule has 0 bridgehead atoms. The summed E-state index contributed by atoms with van der Waals surface area (Å²) in [7, 11) is -3.86. The van der Waals surface area contributed by atoms with E-state index in [1.165, 1.54) is 22.5 Å². The molecule has 0 unspecified atom stereocenters. The predicted octanol–water partition coefficient (Wildman–Crippen LogP) is 4.44. The average molecular weight is 456 g/mol. The molecule has 1 aliphatic heterocycles. The first-order valence-electron chi connectivity index (χ1n) is 9.87. The van der Waals surface area contributed by atoms with Gasteiger partial charge in [0, 0.05) is 18.7 Å². The van der Waals surface area contributed by atoms with Crippen LogP contribution in [0.5, 0.6) is 5.75 Å². The van der Waals surface area contributed by atoms with E-state index in [-0.39, 0.29) is 21.9 Å². The Morgan fingerprint density at radius 1 is 1.00 bits per heavy atom. The molecule has 0 saturated carbocycles. The lowest BCUT2D eigenvalue weighted by Crippen LogP contribution is -2.32. The van der Waals surface area contributed by atoms with Crippen LogP contribution in [0, 0.1) is 0 Å². The lowest BCUT2D eigenvalue weighted by molar-refractivity contribution is -0.153. The standard InChI is InChI=1S/C21H23F3N2O4S/c22-21(23,24)15-30-19-11-10-17(31(28,29)26-12-6-1-2-7-13-26)14-18(19)25-20(27)16-8-4-3-5-9-16/h3-5,8-11,14H,1-2,6-7,12-13,15H2,(H,25,27). The second kappa shape index (κ2) is 9.69. The number of rotatable bonds is 6. The third-order valence-electron chi connectivity index (χ3n) is 4.83. The average Bonchev–Trinajstić information content (AvgIpc) is 3.03. The first kappa shape index (κ1) is 23.1. The lowest BCUT2D eigenvalue weighted by atomic mass is 10.2. The van der Waals surface area contributed by atoms with Gasteiger partial charge < -0.3 is 10.1 Å². The monoisotopic (exact) mass is 456 g/mol. The summed E-state index contributed by atoms with van der Waals surface area (Å²) in [6.07, 6.45) is -1.23. The molecule has 10 heteroatoms. The van der Waals surface area contributed by atoms with Crippen molar-refractivity contribution in [2.75, 3.05) is 25.0 Å². The molecule has 168 valence electrons. The van der Waals surface area contributed by atoms with Gasteiger partial charge in [0.2, 0.25) is 10.0 Å². The van der Waals surface area contributed by atoms with Gasteiger partial charge in [-0.2, -0.15) is 17.5 Å². The Labute approximate surface area is 179 Å². The Kier molecular flexibility index (Phi) is 7.22. The van der Waals surface area contributed by atoms with Gasteiger partial charge in [-0.25, -0.2) is 8.42 Å². The molecular formula is C21H23F3N2O4S. The fraction of sp³-hybridized carbons (Fsp3) is 0.381. The summed E-state index contributed by atoms with van der Waals surface area (Å²) in [5, 5.41) is 2.48. The van der Waals surface area contributed by atoms with E-state index in [9.17, 15) is 26.4 Å². The van der Waals surface area contributed by atoms with Crippen molar-refractivity contribution in [2.24, 2.45) is 0 Å². The quantitative estimate of drug-likeness (QED) is 0.697. The highest BCUT2D eigenvalue weighted by Gasteiger charge is 2.30. The maximum Gasteiger partial charge on any atom is 0.422 e. The molecule has 1 fully saturated rings. The molecule has 1 N–H and O–H groups in total. The Morgan fingerprint density at radius 2 is 1.65 bits per heavy atom. The maximum atomic E-state index is 13.1. The first-order valence-corrected chi connectivity index (χ1v) is 11.3. The van der Waals surface area contributed by atoms with E-state index >= 15 is 0 Å². The zero-order chi connectivity index (χ0) is 22.5. The fourth-order valence-electron chi connectivity index (χ4n) is 3.27. The van der Waals surface area contributed by atoms with E-state index in [2.05, 4.69) is 5.32 Å². The largest absolute Gasteiger partial charge is 0.482 e. The topological polar surface area (TPSA) is 75.7 Å². The van der Waals surface area contributed by atoms with Crippen LogP contribution in [-0.4, -0.2) is 44.5 Å². The molecule has 0 aliphatic carbocycles. The van der Waals surface area contributed by atoms with Crippen molar-refractivity contribution in [1.29, 1.82) is 0 Å². The second-order valence-corrected chi connectivity index (χ2v) is 9.14. The third kappa shape index (κ3) is 6.20. The Balaban J connectivity index is 1.93. The fourth-order valence-corrected chi connectivity index (χ4v) is 4.81. The minimum absolute atomic E-state index is 0.114. The molecule has 3 rings (SSSR count). The summed E-state index contributed by atoms with van der Waals surface area (Å²) in [5.74, 6) is -0.863. The summed E-state index contributed by atoms with van der Waals surface area (Å²) >= 11 is 0. The smallest absolute Gasteiger partial charge is 0.422 e. The van der Waals surface area contributed by atoms with Gasteiger partial charge >= 0.3 is 6.18 Å². The summed E-state index contributed by atoms with van der Waals surface area (Å²) in [6, 6.07) is 11.5. The summed E-state index contributed by atoms with van der Waals surface area (Å²) in [5.41, 5.74) is 0.124. The first-order chi connectivity index (χ1) is 14.7. The molecule has 6 nitrogen and oxygen atoms in total. The maximum absolute atomic E-state index is 13.1. The van der Waals surface area contributed by atoms with Gasteiger partial charge in [-0.1, -0.05) is 31.0 Å². The SMILES string of the molecule is O=C(Nc1cc(S(=O)(=O)N2CCCCCC2)ccc1OCC(F)(F)F)c1ccccc1. The van der Waals surface area contributed by atoms with Crippen LogP contribution < -0.4 is 10.1 Å². The minimum Gasteiger partial charge on any atom is -0.482 e. The summed E-state index contributed by atoms with van der Waals surface area (Å²) in [6.45, 7) is -0.819. The molecule has 1 aliphatic rings. The van der Waals surface area contributed by atoms with Gasteiger partial charge in [-0.05, 0) is 43.2 Å². The molecule has 0 atom stereocenters. The van der Waals surface area contributed by atoms with Gasteiger partial charge in [0.05, 0.1) is 10.6 Å². The van der Waals surface area contributed by atoms with E-state index < -0.39 is 28.7 Å². The van der Waals surface area contributed by atoms with E-state index in [1.54, 1.807) is 18.2 Å². The highest BCUT2D eigenvalue weighted by molar-refractivity contribution is 7.89. The number of sulfonamides is 1. The van der Waals surface area contributed by atoms with Gasteiger partial charge in [-0.3, -0.25) is 4.79 Å². The Morgan fingerprint density at radius 3 is 2.26 bits per heavy atom. The molecule has 31 heavy (non-hydrogen) atoms. The molecule has 0 radical (unpaired) electrons. The molecule has 1 saturated heterocycles. The Hall–Kier alpha value is -2.59. The van der Waals surface area contributed by atoms with Crippen molar-refractivity contribution >= 4 is 21.6 Å². The van der Waals surface area contributed by atoms with Crippen LogP contribution >= 0.6 is 0 Å². The van der Waals surface area contributed by atoms with Crippen molar-refractivity contribution in [1.82, 2.24) is 4.31 Å². The minimum atomic E-state index is -4.59. The van der Waals surface area contributed by atoms with Crippen LogP contribution in [0.25, 0.3) is 0 Å². The van der Waals surface area contributed by atoms with E-state index in [1.807, 2.05) is 0 Å². The number of hydrogen-bond acceptors (Lipinski definition) is 4. The van der Waals surface area contributed by atoms with Gasteiger partial charge in [-0.15, -0.1) is 0 Å². The summed E-state index contributed by atoms with van der Waals surface area (Å²) < 4.78 is 70.2. The normalized spacial score (nSPS) is 15.8. The number of benzene rings is 2. The molecule has 0 aromatic heterocycles. The number of carbonyl (C=O) groups excluding carboxylic acids is 1. The van der Waals surface area contributed by atoms with Crippen molar-refractivity contribution in [3.05, 3.63) is 54.1 Å². The number of alkyl halides is 3. The number of nitrogens with zero attached hydrogens (tertiary/aromatic N) is 1. The zero-order valence-electron chi connectivity index (χ0n) is 16.7. The van der Waals surface area contributed by atoms with Gasteiger partial charge in [0.1, 0.15) is 5.75 Å². The number of nitrogens with one attached hydrogen (secondary N) is 1. The van der Waals surface area contributed by atoms with Crippen LogP contribution in [0.1, 0.15) is 36.0 Å². The molecule has 0 spiro atoms. The predicted molar refractivity (Wildman–Crippen MR) is 110 cm³/mol. The van der Waals surface area contributed by atoms with Gasteiger partial charge in [0.15, 0.2) is 6.61 Å². The molecule has 1 amide bonds. The molecule has 2 aromatic rings. The number of ether oxygens (including phenoxy) is 1. The van der Waals surface area contributed by atoms with Crippen LogP contribution in [0.3, 0.4) is 0 Å². The van der Waals surface area contributed by atoms with E-state index in [0.717, 1.165) is 37.8 Å². The van der Waals surface area contributed by atoms with Crippen molar-refractivity contribution in [3.8, 4) is 5.75 Å². The van der Waals surface area contributed by atoms with Gasteiger partial charge in [0.25, 0.3) is 5.91 Å². The van der Waals surface area contributed by atoms with Crippen LogP contribution in [0.2, 0.25) is 0 Å². The van der Waals surface area contributed by atoms with Crippen LogP contribution in [-0.2, 0) is 10.0 Å². The number of carbonyl (C=O) groups is 1. The number of amides is 1. The van der Waals surface area contributed by atoms with Crippen molar-refractivity contribution in [3.63, 3.8) is 0 Å². The number of hydrogen-bond donors (Lipinski definition) is 1. The number of anilines is 1. The van der Waals surface area contributed by atoms with E-state index in [0.29, 0.717) is 13.1 Å². The van der Waals surface area contributed by atoms with Crippen LogP contribution in [0.15, 0.2) is 53.4 Å². The van der Waals surface area contributed by atoms with Crippen LogP contribution in [0.4, 0.5) is 18.9 Å². The highest BCUT2D eigenvalue weighted by Crippen LogP contribution is 2.31. The molecule has 2 aromatic carbocycles. The number of halogens is 3. The summed E-state index contributed by atoms with van der Waals surface area (Å²) in [4.78, 5) is 12.4. The lowest BCUT2D eigenvalue weighted by Gasteiger charge is -2.21. The van der Waals surface area contributed by atoms with E-state index in [4.69, 9.17) is 4.74 Å². The van der Waals surface area contributed by atoms with Crippen molar-refractivity contribution < 1.29 is 31.1 Å². The van der Waals surface area contributed by atoms with Crippen molar-refractivity contribution in [2.45, 2.75) is 36.8 Å².